The third-order valence-electron chi connectivity index (χ3n) is 2.09. The topological polar surface area (TPSA) is 107 Å². The number of ether oxygens (including phenoxy) is 1. The monoisotopic (exact) mass is 271 g/mol. The Hall–Kier alpha value is -1.79. The van der Waals surface area contributed by atoms with Gasteiger partial charge in [-0.2, -0.15) is 0 Å². The maximum Gasteiger partial charge on any atom is 0.415 e. The number of hydrogen-bond acceptors (Lipinski definition) is 4. The van der Waals surface area contributed by atoms with Crippen molar-refractivity contribution in [1.29, 1.82) is 0 Å². The van der Waals surface area contributed by atoms with E-state index in [2.05, 4.69) is 0 Å². The standard InChI is InChI=1S/C11H14ClN3O3/c12-9-4-2-1-3-7(9)5-8(13)6-18-11(17)15-10(14)16/h1-4,8H,5-6,13H2,(H3,14,15,16,17)/t8-/m1/s1. The molecule has 1 aromatic carbocycles. The Morgan fingerprint density at radius 1 is 1.39 bits per heavy atom. The molecule has 1 aromatic rings. The quantitative estimate of drug-likeness (QED) is 0.759. The molecule has 6 nitrogen and oxygen atoms in total. The van der Waals surface area contributed by atoms with Crippen molar-refractivity contribution in [2.75, 3.05) is 6.61 Å². The number of urea groups is 1. The highest BCUT2D eigenvalue weighted by Crippen LogP contribution is 2.16. The predicted octanol–water partition coefficient (Wildman–Crippen LogP) is 1.01. The normalized spacial score (nSPS) is 11.7. The van der Waals surface area contributed by atoms with Crippen molar-refractivity contribution < 1.29 is 14.3 Å². The Kier molecular flexibility index (Phi) is 5.41. The number of alkyl carbamates (subject to hydrolysis) is 1. The minimum absolute atomic E-state index is 0.0374. The lowest BCUT2D eigenvalue weighted by Gasteiger charge is -2.12. The second-order valence-corrected chi connectivity index (χ2v) is 4.05. The zero-order valence-corrected chi connectivity index (χ0v) is 10.3. The number of nitrogens with two attached hydrogens (primary N) is 2. The summed E-state index contributed by atoms with van der Waals surface area (Å²) in [7, 11) is 0. The molecule has 3 amide bonds. The summed E-state index contributed by atoms with van der Waals surface area (Å²) in [4.78, 5) is 21.3. The van der Waals surface area contributed by atoms with E-state index in [1.165, 1.54) is 0 Å². The third-order valence-corrected chi connectivity index (χ3v) is 2.46. The maximum atomic E-state index is 11.0. The van der Waals surface area contributed by atoms with Crippen LogP contribution in [0.1, 0.15) is 5.56 Å². The third kappa shape index (κ3) is 5.03. The molecule has 0 unspecified atom stereocenters. The Bertz CT molecular complexity index is 439. The van der Waals surface area contributed by atoms with E-state index in [-0.39, 0.29) is 6.61 Å². The van der Waals surface area contributed by atoms with Gasteiger partial charge in [-0.25, -0.2) is 14.9 Å². The van der Waals surface area contributed by atoms with E-state index >= 15 is 0 Å². The van der Waals surface area contributed by atoms with Crippen molar-refractivity contribution in [3.8, 4) is 0 Å². The van der Waals surface area contributed by atoms with Gasteiger partial charge in [-0.1, -0.05) is 29.8 Å². The van der Waals surface area contributed by atoms with Gasteiger partial charge in [0.15, 0.2) is 0 Å². The SMILES string of the molecule is NC(=O)NC(=O)OC[C@H](N)Cc1ccccc1Cl. The smallest absolute Gasteiger partial charge is 0.415 e. The first-order valence-electron chi connectivity index (χ1n) is 5.21. The second-order valence-electron chi connectivity index (χ2n) is 3.64. The Labute approximate surface area is 109 Å². The van der Waals surface area contributed by atoms with Crippen LogP contribution in [0.5, 0.6) is 0 Å². The molecule has 98 valence electrons. The van der Waals surface area contributed by atoms with Crippen LogP contribution in [0.4, 0.5) is 9.59 Å². The molecule has 18 heavy (non-hydrogen) atoms. The van der Waals surface area contributed by atoms with Crippen LogP contribution in [0.15, 0.2) is 24.3 Å². The summed E-state index contributed by atoms with van der Waals surface area (Å²) in [6.45, 7) is -0.0374. The fourth-order valence-corrected chi connectivity index (χ4v) is 1.54. The first kappa shape index (κ1) is 14.3. The molecular weight excluding hydrogens is 258 g/mol. The predicted molar refractivity (Wildman–Crippen MR) is 67.2 cm³/mol. The van der Waals surface area contributed by atoms with Crippen LogP contribution >= 0.6 is 11.6 Å². The highest BCUT2D eigenvalue weighted by atomic mass is 35.5. The van der Waals surface area contributed by atoms with Gasteiger partial charge in [0.25, 0.3) is 0 Å². The van der Waals surface area contributed by atoms with E-state index in [4.69, 9.17) is 27.8 Å². The van der Waals surface area contributed by atoms with E-state index in [0.29, 0.717) is 11.4 Å². The number of nitrogens with one attached hydrogen (secondary N) is 1. The van der Waals surface area contributed by atoms with Gasteiger partial charge in [0, 0.05) is 11.1 Å². The van der Waals surface area contributed by atoms with Crippen LogP contribution in [-0.4, -0.2) is 24.8 Å². The van der Waals surface area contributed by atoms with Gasteiger partial charge >= 0.3 is 12.1 Å². The molecule has 0 saturated heterocycles. The molecule has 1 atom stereocenters. The van der Waals surface area contributed by atoms with E-state index in [1.54, 1.807) is 11.4 Å². The van der Waals surface area contributed by atoms with Crippen LogP contribution in [-0.2, 0) is 11.2 Å². The Balaban J connectivity index is 2.38. The zero-order valence-electron chi connectivity index (χ0n) is 9.56. The second kappa shape index (κ2) is 6.83. The summed E-state index contributed by atoms with van der Waals surface area (Å²) in [5, 5.41) is 2.38. The summed E-state index contributed by atoms with van der Waals surface area (Å²) in [5.41, 5.74) is 11.4. The van der Waals surface area contributed by atoms with Gasteiger partial charge in [0.05, 0.1) is 0 Å². The molecule has 1 rings (SSSR count). The molecule has 0 spiro atoms. The molecule has 0 aliphatic rings. The molecule has 0 aliphatic carbocycles. The van der Waals surface area contributed by atoms with E-state index in [0.717, 1.165) is 5.56 Å². The molecule has 0 saturated carbocycles. The number of rotatable bonds is 4. The highest BCUT2D eigenvalue weighted by Gasteiger charge is 2.11. The number of amides is 3. The fraction of sp³-hybridized carbons (Fsp3) is 0.273. The van der Waals surface area contributed by atoms with Gasteiger partial charge in [0.2, 0.25) is 0 Å². The number of hydrogen-bond donors (Lipinski definition) is 3. The van der Waals surface area contributed by atoms with Crippen LogP contribution in [0, 0.1) is 0 Å². The first-order chi connectivity index (χ1) is 8.49. The molecule has 0 heterocycles. The molecular formula is C11H14ClN3O3. The number of halogens is 1. The highest BCUT2D eigenvalue weighted by molar-refractivity contribution is 6.31. The molecule has 0 fully saturated rings. The molecule has 0 radical (unpaired) electrons. The zero-order chi connectivity index (χ0) is 13.5. The summed E-state index contributed by atoms with van der Waals surface area (Å²) in [6.07, 6.45) is -0.458. The Morgan fingerprint density at radius 3 is 2.67 bits per heavy atom. The molecule has 7 heteroatoms. The number of imide groups is 1. The number of benzene rings is 1. The number of carbonyl (C=O) groups excluding carboxylic acids is 2. The van der Waals surface area contributed by atoms with Gasteiger partial charge in [-0.3, -0.25) is 0 Å². The molecule has 0 aromatic heterocycles. The van der Waals surface area contributed by atoms with Crippen molar-refractivity contribution in [3.63, 3.8) is 0 Å². The minimum Gasteiger partial charge on any atom is -0.448 e. The van der Waals surface area contributed by atoms with Crippen LogP contribution in [0.2, 0.25) is 5.02 Å². The molecule has 5 N–H and O–H groups in total. The summed E-state index contributed by atoms with van der Waals surface area (Å²) < 4.78 is 4.71. The summed E-state index contributed by atoms with van der Waals surface area (Å²) in [6, 6.07) is 5.86. The Morgan fingerprint density at radius 2 is 2.06 bits per heavy atom. The maximum absolute atomic E-state index is 11.0. The number of carbonyl (C=O) groups is 2. The van der Waals surface area contributed by atoms with E-state index in [9.17, 15) is 9.59 Å². The summed E-state index contributed by atoms with van der Waals surface area (Å²) in [5.74, 6) is 0. The van der Waals surface area contributed by atoms with Gasteiger partial charge in [0.1, 0.15) is 6.61 Å². The van der Waals surface area contributed by atoms with Crippen molar-refractivity contribution >= 4 is 23.7 Å². The largest absolute Gasteiger partial charge is 0.448 e. The van der Waals surface area contributed by atoms with Crippen molar-refractivity contribution in [2.24, 2.45) is 11.5 Å². The molecule has 0 bridgehead atoms. The lowest BCUT2D eigenvalue weighted by molar-refractivity contribution is 0.140. The lowest BCUT2D eigenvalue weighted by Crippen LogP contribution is -2.38. The summed E-state index contributed by atoms with van der Waals surface area (Å²) >= 11 is 5.96. The average molecular weight is 272 g/mol. The van der Waals surface area contributed by atoms with Crippen molar-refractivity contribution in [1.82, 2.24) is 5.32 Å². The average Bonchev–Trinajstić information content (AvgIpc) is 2.29. The van der Waals surface area contributed by atoms with Gasteiger partial charge in [-0.15, -0.1) is 0 Å². The van der Waals surface area contributed by atoms with Crippen LogP contribution < -0.4 is 16.8 Å². The lowest BCUT2D eigenvalue weighted by atomic mass is 10.1. The minimum atomic E-state index is -0.973. The van der Waals surface area contributed by atoms with Gasteiger partial charge in [-0.05, 0) is 18.1 Å². The number of primary amides is 1. The van der Waals surface area contributed by atoms with Crippen molar-refractivity contribution in [3.05, 3.63) is 34.9 Å². The van der Waals surface area contributed by atoms with Gasteiger partial charge < -0.3 is 16.2 Å². The molecule has 0 aliphatic heterocycles. The van der Waals surface area contributed by atoms with E-state index < -0.39 is 18.2 Å². The van der Waals surface area contributed by atoms with Crippen LogP contribution in [0.25, 0.3) is 0 Å². The van der Waals surface area contributed by atoms with E-state index in [1.807, 2.05) is 18.2 Å². The first-order valence-corrected chi connectivity index (χ1v) is 5.59. The van der Waals surface area contributed by atoms with Crippen LogP contribution in [0.3, 0.4) is 0 Å². The van der Waals surface area contributed by atoms with Crippen molar-refractivity contribution in [2.45, 2.75) is 12.5 Å². The fourth-order valence-electron chi connectivity index (χ4n) is 1.32.